The van der Waals surface area contributed by atoms with Crippen LogP contribution in [-0.4, -0.2) is 28.7 Å². The molecule has 0 saturated carbocycles. The van der Waals surface area contributed by atoms with E-state index in [2.05, 4.69) is 22.4 Å². The SMILES string of the molecule is O=S(=O)(O)CCCc1ccc(Nc2ncc3c(n2)-c2ccccc2C(c2ccc(F)cc2)C3)cc1. The fourth-order valence-corrected chi connectivity index (χ4v) is 5.04. The average Bonchev–Trinajstić information content (AvgIpc) is 2.85. The highest BCUT2D eigenvalue weighted by Crippen LogP contribution is 2.41. The van der Waals surface area contributed by atoms with Crippen LogP contribution >= 0.6 is 0 Å². The molecule has 1 aliphatic rings. The Morgan fingerprint density at radius 2 is 1.74 bits per heavy atom. The largest absolute Gasteiger partial charge is 0.324 e. The third kappa shape index (κ3) is 5.39. The van der Waals surface area contributed by atoms with Crippen molar-refractivity contribution in [3.8, 4) is 11.3 Å². The standard InChI is InChI=1S/C27H24FN3O3S/c28-21-11-9-19(10-12-21)25-16-20-17-29-27(31-26(20)24-6-2-1-5-23(24)25)30-22-13-7-18(8-14-22)4-3-15-35(32,33)34/h1-2,5-14,17,25H,3-4,15-16H2,(H,29,30,31)(H,32,33,34). The van der Waals surface area contributed by atoms with Gasteiger partial charge in [0.1, 0.15) is 5.82 Å². The summed E-state index contributed by atoms with van der Waals surface area (Å²) in [6.07, 6.45) is 3.50. The van der Waals surface area contributed by atoms with E-state index in [4.69, 9.17) is 9.54 Å². The number of nitrogens with one attached hydrogen (secondary N) is 1. The summed E-state index contributed by atoms with van der Waals surface area (Å²) < 4.78 is 44.1. The van der Waals surface area contributed by atoms with Gasteiger partial charge in [0.25, 0.3) is 10.1 Å². The summed E-state index contributed by atoms with van der Waals surface area (Å²) in [6, 6.07) is 22.4. The number of aromatic nitrogens is 2. The van der Waals surface area contributed by atoms with Crippen LogP contribution in [0.5, 0.6) is 0 Å². The van der Waals surface area contributed by atoms with Crippen LogP contribution in [-0.2, 0) is 23.0 Å². The van der Waals surface area contributed by atoms with Crippen molar-refractivity contribution in [2.45, 2.75) is 25.2 Å². The predicted molar refractivity (Wildman–Crippen MR) is 134 cm³/mol. The van der Waals surface area contributed by atoms with Crippen LogP contribution in [0.3, 0.4) is 0 Å². The molecule has 4 aromatic rings. The van der Waals surface area contributed by atoms with Gasteiger partial charge in [-0.1, -0.05) is 48.5 Å². The van der Waals surface area contributed by atoms with Crippen molar-refractivity contribution in [1.82, 2.24) is 9.97 Å². The Morgan fingerprint density at radius 3 is 2.49 bits per heavy atom. The third-order valence-electron chi connectivity index (χ3n) is 6.23. The van der Waals surface area contributed by atoms with Crippen molar-refractivity contribution in [3.63, 3.8) is 0 Å². The molecule has 1 aromatic heterocycles. The van der Waals surface area contributed by atoms with Crippen LogP contribution in [0.1, 0.15) is 34.6 Å². The molecule has 2 N–H and O–H groups in total. The van der Waals surface area contributed by atoms with Crippen molar-refractivity contribution in [3.05, 3.63) is 107 Å². The molecule has 8 heteroatoms. The molecule has 0 spiro atoms. The number of halogens is 1. The highest BCUT2D eigenvalue weighted by Gasteiger charge is 2.27. The summed E-state index contributed by atoms with van der Waals surface area (Å²) in [7, 11) is -3.94. The van der Waals surface area contributed by atoms with E-state index in [9.17, 15) is 12.8 Å². The molecule has 1 heterocycles. The molecule has 0 amide bonds. The Kier molecular flexibility index (Phi) is 6.32. The van der Waals surface area contributed by atoms with Gasteiger partial charge in [0.15, 0.2) is 0 Å². The zero-order valence-corrected chi connectivity index (χ0v) is 19.7. The van der Waals surface area contributed by atoms with Crippen molar-refractivity contribution < 1.29 is 17.4 Å². The van der Waals surface area contributed by atoms with E-state index in [0.29, 0.717) is 18.8 Å². The second kappa shape index (κ2) is 9.56. The molecule has 5 rings (SSSR count). The number of aryl methyl sites for hydroxylation is 1. The Balaban J connectivity index is 1.36. The normalized spacial score (nSPS) is 14.7. The van der Waals surface area contributed by atoms with E-state index >= 15 is 0 Å². The summed E-state index contributed by atoms with van der Waals surface area (Å²) >= 11 is 0. The van der Waals surface area contributed by atoms with E-state index in [1.807, 2.05) is 54.7 Å². The Labute approximate surface area is 203 Å². The Bertz CT molecular complexity index is 1460. The maximum Gasteiger partial charge on any atom is 0.264 e. The lowest BCUT2D eigenvalue weighted by Gasteiger charge is -2.27. The summed E-state index contributed by atoms with van der Waals surface area (Å²) in [5.41, 5.74) is 6.98. The molecule has 1 atom stereocenters. The van der Waals surface area contributed by atoms with Crippen LogP contribution in [0.2, 0.25) is 0 Å². The lowest BCUT2D eigenvalue weighted by molar-refractivity contribution is 0.481. The number of nitrogens with zero attached hydrogens (tertiary/aromatic N) is 2. The second-order valence-corrected chi connectivity index (χ2v) is 10.2. The first-order valence-electron chi connectivity index (χ1n) is 11.4. The zero-order chi connectivity index (χ0) is 24.4. The molecule has 0 bridgehead atoms. The molecule has 0 saturated heterocycles. The highest BCUT2D eigenvalue weighted by atomic mass is 32.2. The lowest BCUT2D eigenvalue weighted by atomic mass is 9.78. The van der Waals surface area contributed by atoms with Gasteiger partial charge in [-0.15, -0.1) is 0 Å². The van der Waals surface area contributed by atoms with Crippen LogP contribution < -0.4 is 5.32 Å². The van der Waals surface area contributed by atoms with E-state index in [0.717, 1.165) is 45.6 Å². The average molecular weight is 490 g/mol. The van der Waals surface area contributed by atoms with Crippen molar-refractivity contribution in [2.75, 3.05) is 11.1 Å². The van der Waals surface area contributed by atoms with Crippen LogP contribution in [0.15, 0.2) is 79.0 Å². The molecule has 178 valence electrons. The molecular formula is C27H24FN3O3S. The van der Waals surface area contributed by atoms with Gasteiger partial charge in [0, 0.05) is 23.4 Å². The monoisotopic (exact) mass is 489 g/mol. The summed E-state index contributed by atoms with van der Waals surface area (Å²) in [6.45, 7) is 0. The minimum atomic E-state index is -3.94. The molecule has 0 aliphatic heterocycles. The van der Waals surface area contributed by atoms with Gasteiger partial charge in [0.2, 0.25) is 5.95 Å². The van der Waals surface area contributed by atoms with Gasteiger partial charge >= 0.3 is 0 Å². The van der Waals surface area contributed by atoms with E-state index < -0.39 is 10.1 Å². The smallest absolute Gasteiger partial charge is 0.264 e. The van der Waals surface area contributed by atoms with Gasteiger partial charge in [0.05, 0.1) is 11.4 Å². The summed E-state index contributed by atoms with van der Waals surface area (Å²) in [4.78, 5) is 9.34. The van der Waals surface area contributed by atoms with Gasteiger partial charge in [-0.25, -0.2) is 14.4 Å². The predicted octanol–water partition coefficient (Wildman–Crippen LogP) is 5.53. The lowest BCUT2D eigenvalue weighted by Crippen LogP contribution is -2.15. The van der Waals surface area contributed by atoms with E-state index in [1.54, 1.807) is 0 Å². The number of hydrogen-bond donors (Lipinski definition) is 2. The molecule has 0 radical (unpaired) electrons. The summed E-state index contributed by atoms with van der Waals surface area (Å²) in [5.74, 6) is 0.0934. The van der Waals surface area contributed by atoms with Crippen molar-refractivity contribution in [2.24, 2.45) is 0 Å². The van der Waals surface area contributed by atoms with Gasteiger partial charge in [-0.05, 0) is 65.8 Å². The molecule has 0 fully saturated rings. The fourth-order valence-electron chi connectivity index (χ4n) is 4.53. The maximum absolute atomic E-state index is 13.5. The van der Waals surface area contributed by atoms with Gasteiger partial charge in [-0.2, -0.15) is 8.42 Å². The highest BCUT2D eigenvalue weighted by molar-refractivity contribution is 7.85. The van der Waals surface area contributed by atoms with Crippen molar-refractivity contribution >= 4 is 21.8 Å². The molecule has 6 nitrogen and oxygen atoms in total. The number of benzene rings is 3. The van der Waals surface area contributed by atoms with Crippen LogP contribution in [0, 0.1) is 5.82 Å². The second-order valence-electron chi connectivity index (χ2n) is 8.67. The topological polar surface area (TPSA) is 92.2 Å². The Hall–Kier alpha value is -3.62. The van der Waals surface area contributed by atoms with Gasteiger partial charge < -0.3 is 5.32 Å². The van der Waals surface area contributed by atoms with E-state index in [-0.39, 0.29) is 17.5 Å². The Morgan fingerprint density at radius 1 is 1.00 bits per heavy atom. The van der Waals surface area contributed by atoms with Crippen LogP contribution in [0.4, 0.5) is 16.0 Å². The summed E-state index contributed by atoms with van der Waals surface area (Å²) in [5, 5.41) is 3.24. The third-order valence-corrected chi connectivity index (χ3v) is 7.03. The molecule has 35 heavy (non-hydrogen) atoms. The van der Waals surface area contributed by atoms with Crippen molar-refractivity contribution in [1.29, 1.82) is 0 Å². The van der Waals surface area contributed by atoms with Gasteiger partial charge in [-0.3, -0.25) is 4.55 Å². The minimum Gasteiger partial charge on any atom is -0.324 e. The first kappa shape index (κ1) is 23.1. The minimum absolute atomic E-state index is 0.107. The molecule has 1 aliphatic carbocycles. The number of hydrogen-bond acceptors (Lipinski definition) is 5. The quantitative estimate of drug-likeness (QED) is 0.332. The maximum atomic E-state index is 13.5. The molecular weight excluding hydrogens is 465 g/mol. The number of anilines is 2. The zero-order valence-electron chi connectivity index (χ0n) is 18.9. The van der Waals surface area contributed by atoms with E-state index in [1.165, 1.54) is 12.1 Å². The molecule has 1 unspecified atom stereocenters. The molecule has 3 aromatic carbocycles. The van der Waals surface area contributed by atoms with Crippen LogP contribution in [0.25, 0.3) is 11.3 Å². The number of rotatable bonds is 7. The first-order valence-corrected chi connectivity index (χ1v) is 13.0. The first-order chi connectivity index (χ1) is 16.9. The fraction of sp³-hybridized carbons (Fsp3) is 0.185. The number of fused-ring (bicyclic) bond motifs is 3.